The van der Waals surface area contributed by atoms with E-state index in [9.17, 15) is 14.4 Å². The van der Waals surface area contributed by atoms with Crippen molar-refractivity contribution < 1.29 is 14.4 Å². The molecule has 3 amide bonds. The van der Waals surface area contributed by atoms with Crippen LogP contribution >= 0.6 is 15.9 Å². The van der Waals surface area contributed by atoms with Gasteiger partial charge in [-0.2, -0.15) is 0 Å². The number of carbonyl (C=O) groups excluding carboxylic acids is 3. The minimum atomic E-state index is -0.274. The van der Waals surface area contributed by atoms with Crippen LogP contribution in [-0.4, -0.2) is 30.8 Å². The lowest BCUT2D eigenvalue weighted by molar-refractivity contribution is -0.114. The maximum atomic E-state index is 12.1. The summed E-state index contributed by atoms with van der Waals surface area (Å²) in [5.74, 6) is -0.681. The lowest BCUT2D eigenvalue weighted by Crippen LogP contribution is -2.34. The Morgan fingerprint density at radius 2 is 1.44 bits per heavy atom. The highest BCUT2D eigenvalue weighted by Gasteiger charge is 2.08. The molecule has 2 aromatic carbocycles. The predicted octanol–water partition coefficient (Wildman–Crippen LogP) is 2.57. The molecule has 0 fully saturated rings. The lowest BCUT2D eigenvalue weighted by Gasteiger charge is -2.09. The van der Waals surface area contributed by atoms with Gasteiger partial charge in [-0.15, -0.1) is 0 Å². The first kappa shape index (κ1) is 18.7. The van der Waals surface area contributed by atoms with E-state index in [4.69, 9.17) is 0 Å². The summed E-state index contributed by atoms with van der Waals surface area (Å²) in [5.41, 5.74) is 1.54. The fraction of sp³-hybridized carbons (Fsp3) is 0.167. The topological polar surface area (TPSA) is 87.3 Å². The van der Waals surface area contributed by atoms with Crippen molar-refractivity contribution in [3.8, 4) is 0 Å². The molecule has 0 saturated heterocycles. The molecule has 0 bridgehead atoms. The van der Waals surface area contributed by atoms with E-state index in [1.165, 1.54) is 6.92 Å². The Bertz CT molecular complexity index is 793. The molecule has 0 spiro atoms. The van der Waals surface area contributed by atoms with Crippen molar-refractivity contribution in [1.82, 2.24) is 10.6 Å². The Hall–Kier alpha value is -2.67. The van der Waals surface area contributed by atoms with Crippen LogP contribution in [0.1, 0.15) is 27.6 Å². The van der Waals surface area contributed by atoms with Gasteiger partial charge < -0.3 is 16.0 Å². The third-order valence-electron chi connectivity index (χ3n) is 3.23. The van der Waals surface area contributed by atoms with Gasteiger partial charge in [-0.1, -0.05) is 28.1 Å². The number of amides is 3. The molecule has 3 N–H and O–H groups in total. The van der Waals surface area contributed by atoms with Gasteiger partial charge >= 0.3 is 0 Å². The van der Waals surface area contributed by atoms with E-state index in [-0.39, 0.29) is 17.7 Å². The molecule has 0 atom stereocenters. The molecule has 2 rings (SSSR count). The van der Waals surface area contributed by atoms with E-state index < -0.39 is 0 Å². The summed E-state index contributed by atoms with van der Waals surface area (Å²) in [5, 5.41) is 8.09. The molecule has 0 aliphatic rings. The van der Waals surface area contributed by atoms with Gasteiger partial charge in [-0.3, -0.25) is 14.4 Å². The molecule has 0 unspecified atom stereocenters. The van der Waals surface area contributed by atoms with Crippen LogP contribution in [-0.2, 0) is 4.79 Å². The maximum absolute atomic E-state index is 12.1. The van der Waals surface area contributed by atoms with Crippen LogP contribution in [0.5, 0.6) is 0 Å². The lowest BCUT2D eigenvalue weighted by atomic mass is 10.2. The number of halogens is 1. The quantitative estimate of drug-likeness (QED) is 0.647. The van der Waals surface area contributed by atoms with Crippen molar-refractivity contribution in [2.24, 2.45) is 0 Å². The van der Waals surface area contributed by atoms with Crippen LogP contribution in [0.2, 0.25) is 0 Å². The zero-order chi connectivity index (χ0) is 18.2. The Labute approximate surface area is 154 Å². The average molecular weight is 404 g/mol. The van der Waals surface area contributed by atoms with E-state index in [1.807, 2.05) is 6.07 Å². The molecular weight excluding hydrogens is 386 g/mol. The first-order chi connectivity index (χ1) is 12.0. The second-order valence-corrected chi connectivity index (χ2v) is 6.20. The SMILES string of the molecule is CC(=O)Nc1cccc(C(=O)NCCNC(=O)c2cccc(Br)c2)c1. The molecule has 0 saturated carbocycles. The molecule has 2 aromatic rings. The standard InChI is InChI=1S/C18H18BrN3O3/c1-12(23)22-16-7-3-5-14(11-16)18(25)21-9-8-20-17(24)13-4-2-6-15(19)10-13/h2-7,10-11H,8-9H2,1H3,(H,20,24)(H,21,25)(H,22,23). The summed E-state index contributed by atoms with van der Waals surface area (Å²) in [4.78, 5) is 35.1. The van der Waals surface area contributed by atoms with Gasteiger partial charge in [0.05, 0.1) is 0 Å². The summed E-state index contributed by atoms with van der Waals surface area (Å²) in [6.45, 7) is 2.01. The highest BCUT2D eigenvalue weighted by atomic mass is 79.9. The smallest absolute Gasteiger partial charge is 0.251 e. The average Bonchev–Trinajstić information content (AvgIpc) is 2.58. The van der Waals surface area contributed by atoms with E-state index >= 15 is 0 Å². The largest absolute Gasteiger partial charge is 0.350 e. The number of carbonyl (C=O) groups is 3. The molecule has 130 valence electrons. The van der Waals surface area contributed by atoms with Crippen molar-refractivity contribution in [2.45, 2.75) is 6.92 Å². The summed E-state index contributed by atoms with van der Waals surface area (Å²) >= 11 is 3.31. The van der Waals surface area contributed by atoms with Crippen LogP contribution in [0.25, 0.3) is 0 Å². The molecule has 6 nitrogen and oxygen atoms in total. The number of anilines is 1. The fourth-order valence-electron chi connectivity index (χ4n) is 2.13. The summed E-state index contributed by atoms with van der Waals surface area (Å²) < 4.78 is 0.826. The Morgan fingerprint density at radius 1 is 0.880 bits per heavy atom. The van der Waals surface area contributed by atoms with Crippen molar-refractivity contribution in [3.63, 3.8) is 0 Å². The molecule has 0 radical (unpaired) electrons. The van der Waals surface area contributed by atoms with Crippen LogP contribution < -0.4 is 16.0 Å². The van der Waals surface area contributed by atoms with Gasteiger partial charge in [0.1, 0.15) is 0 Å². The van der Waals surface area contributed by atoms with Crippen molar-refractivity contribution in [1.29, 1.82) is 0 Å². The number of rotatable bonds is 6. The van der Waals surface area contributed by atoms with Crippen LogP contribution in [0.4, 0.5) is 5.69 Å². The van der Waals surface area contributed by atoms with Gasteiger partial charge in [0.2, 0.25) is 5.91 Å². The van der Waals surface area contributed by atoms with Gasteiger partial charge in [0.15, 0.2) is 0 Å². The second kappa shape index (κ2) is 8.98. The van der Waals surface area contributed by atoms with Gasteiger partial charge in [-0.05, 0) is 36.4 Å². The van der Waals surface area contributed by atoms with E-state index in [0.717, 1.165) is 4.47 Å². The van der Waals surface area contributed by atoms with Crippen molar-refractivity contribution in [3.05, 3.63) is 64.1 Å². The van der Waals surface area contributed by atoms with Gasteiger partial charge in [0.25, 0.3) is 11.8 Å². The first-order valence-corrected chi connectivity index (χ1v) is 8.44. The molecular formula is C18H18BrN3O3. The molecule has 0 aromatic heterocycles. The highest BCUT2D eigenvalue weighted by Crippen LogP contribution is 2.11. The van der Waals surface area contributed by atoms with E-state index in [0.29, 0.717) is 29.9 Å². The van der Waals surface area contributed by atoms with E-state index in [1.54, 1.807) is 42.5 Å². The van der Waals surface area contributed by atoms with E-state index in [2.05, 4.69) is 31.9 Å². The zero-order valence-electron chi connectivity index (χ0n) is 13.6. The maximum Gasteiger partial charge on any atom is 0.251 e. The Balaban J connectivity index is 1.80. The van der Waals surface area contributed by atoms with Crippen LogP contribution in [0.3, 0.4) is 0 Å². The second-order valence-electron chi connectivity index (χ2n) is 5.28. The monoisotopic (exact) mass is 403 g/mol. The minimum absolute atomic E-state index is 0.201. The fourth-order valence-corrected chi connectivity index (χ4v) is 2.53. The van der Waals surface area contributed by atoms with Crippen molar-refractivity contribution >= 4 is 39.3 Å². The third kappa shape index (κ3) is 6.04. The molecule has 0 aliphatic carbocycles. The predicted molar refractivity (Wildman–Crippen MR) is 99.6 cm³/mol. The summed E-state index contributed by atoms with van der Waals surface area (Å²) in [6.07, 6.45) is 0. The third-order valence-corrected chi connectivity index (χ3v) is 3.72. The highest BCUT2D eigenvalue weighted by molar-refractivity contribution is 9.10. The van der Waals surface area contributed by atoms with Gasteiger partial charge in [0, 0.05) is 41.3 Å². The summed E-state index contributed by atoms with van der Waals surface area (Å²) in [7, 11) is 0. The number of hydrogen-bond acceptors (Lipinski definition) is 3. The molecule has 0 heterocycles. The number of hydrogen-bond donors (Lipinski definition) is 3. The number of nitrogens with one attached hydrogen (secondary N) is 3. The molecule has 7 heteroatoms. The first-order valence-electron chi connectivity index (χ1n) is 7.65. The molecule has 0 aliphatic heterocycles. The summed E-state index contributed by atoms with van der Waals surface area (Å²) in [6, 6.07) is 13.7. The Morgan fingerprint density at radius 3 is 2.00 bits per heavy atom. The van der Waals surface area contributed by atoms with Crippen LogP contribution in [0, 0.1) is 0 Å². The number of benzene rings is 2. The van der Waals surface area contributed by atoms with Crippen molar-refractivity contribution in [2.75, 3.05) is 18.4 Å². The normalized spacial score (nSPS) is 10.0. The van der Waals surface area contributed by atoms with Crippen LogP contribution in [0.15, 0.2) is 53.0 Å². The van der Waals surface area contributed by atoms with Gasteiger partial charge in [-0.25, -0.2) is 0 Å². The molecule has 25 heavy (non-hydrogen) atoms. The zero-order valence-corrected chi connectivity index (χ0v) is 15.2. The Kier molecular flexibility index (Phi) is 6.71. The minimum Gasteiger partial charge on any atom is -0.350 e.